The van der Waals surface area contributed by atoms with Crippen molar-refractivity contribution in [3.8, 4) is 5.75 Å². The molecule has 0 unspecified atom stereocenters. The van der Waals surface area contributed by atoms with Crippen LogP contribution in [0.3, 0.4) is 0 Å². The first-order valence-corrected chi connectivity index (χ1v) is 16.7. The number of amides is 3. The molecule has 2 aromatic carbocycles. The first-order valence-electron chi connectivity index (χ1n) is 16.7. The van der Waals surface area contributed by atoms with Gasteiger partial charge in [0.05, 0.1) is 36.0 Å². The van der Waals surface area contributed by atoms with Crippen LogP contribution in [0.15, 0.2) is 47.0 Å². The Hall–Kier alpha value is -4.46. The Morgan fingerprint density at radius 2 is 1.84 bits per heavy atom. The summed E-state index contributed by atoms with van der Waals surface area (Å²) in [6.45, 7) is 11.0. The number of aromatic carboxylic acids is 1. The Morgan fingerprint density at radius 3 is 2.49 bits per heavy atom. The lowest BCUT2D eigenvalue weighted by molar-refractivity contribution is -0.0177. The second-order valence-electron chi connectivity index (χ2n) is 13.0. The number of carboxylic acids is 1. The number of aliphatic hydroxyl groups excluding tert-OH is 1. The fourth-order valence-corrected chi connectivity index (χ4v) is 5.84. The number of hydrogen-bond acceptors (Lipinski definition) is 9. The molecule has 0 radical (unpaired) electrons. The smallest absolute Gasteiger partial charge is 0.335 e. The van der Waals surface area contributed by atoms with E-state index < -0.39 is 18.0 Å². The molecule has 4 atom stereocenters. The van der Waals surface area contributed by atoms with Crippen molar-refractivity contribution < 1.29 is 38.6 Å². The zero-order chi connectivity index (χ0) is 35.7. The highest BCUT2D eigenvalue weighted by Crippen LogP contribution is 2.29. The second-order valence-corrected chi connectivity index (χ2v) is 13.0. The molecule has 0 fully saturated rings. The highest BCUT2D eigenvalue weighted by Gasteiger charge is 2.30. The molecule has 13 heteroatoms. The van der Waals surface area contributed by atoms with Gasteiger partial charge in [-0.1, -0.05) is 24.2 Å². The molecule has 266 valence electrons. The number of hydrogen-bond donors (Lipinski definition) is 4. The van der Waals surface area contributed by atoms with Crippen molar-refractivity contribution in [2.75, 3.05) is 44.0 Å². The molecule has 0 saturated carbocycles. The number of fused-ring (bicyclic) bond motifs is 1. The van der Waals surface area contributed by atoms with Gasteiger partial charge in [-0.3, -0.25) is 9.69 Å². The van der Waals surface area contributed by atoms with Crippen LogP contribution in [0, 0.1) is 19.8 Å². The number of carboxylic acid groups (broad SMARTS) is 1. The number of likely N-dealkylation sites (N-methyl/N-ethyl adjacent to an activating group) is 1. The van der Waals surface area contributed by atoms with Crippen LogP contribution in [-0.2, 0) is 11.3 Å². The Balaban J connectivity index is 1.58. The monoisotopic (exact) mass is 679 g/mol. The van der Waals surface area contributed by atoms with E-state index in [0.717, 1.165) is 24.8 Å². The van der Waals surface area contributed by atoms with Gasteiger partial charge in [-0.25, -0.2) is 9.59 Å². The summed E-state index contributed by atoms with van der Waals surface area (Å²) in [5.74, 6) is -0.556. The predicted octanol–water partition coefficient (Wildman–Crippen LogP) is 5.56. The van der Waals surface area contributed by atoms with Crippen LogP contribution in [-0.4, -0.2) is 94.7 Å². The molecule has 1 aromatic heterocycles. The van der Waals surface area contributed by atoms with Crippen LogP contribution in [0.4, 0.5) is 16.2 Å². The summed E-state index contributed by atoms with van der Waals surface area (Å²) in [6, 6.07) is 10.8. The zero-order valence-corrected chi connectivity index (χ0v) is 29.2. The van der Waals surface area contributed by atoms with Crippen molar-refractivity contribution in [3.05, 3.63) is 70.6 Å². The van der Waals surface area contributed by atoms with E-state index in [1.54, 1.807) is 56.0 Å². The number of anilines is 2. The summed E-state index contributed by atoms with van der Waals surface area (Å²) in [5, 5.41) is 28.9. The molecule has 2 heterocycles. The number of benzene rings is 2. The van der Waals surface area contributed by atoms with Gasteiger partial charge in [0.15, 0.2) is 5.76 Å². The summed E-state index contributed by atoms with van der Waals surface area (Å²) in [7, 11) is 1.98. The minimum Gasteiger partial charge on any atom is -0.490 e. The van der Waals surface area contributed by atoms with E-state index in [1.165, 1.54) is 0 Å². The van der Waals surface area contributed by atoms with Crippen molar-refractivity contribution in [1.82, 2.24) is 15.0 Å². The third-order valence-corrected chi connectivity index (χ3v) is 8.73. The molecule has 0 saturated heterocycles. The molecule has 3 amide bonds. The summed E-state index contributed by atoms with van der Waals surface area (Å²) in [5.41, 5.74) is 2.88. The molecule has 3 aromatic rings. The Labute approximate surface area is 287 Å². The summed E-state index contributed by atoms with van der Waals surface area (Å²) >= 11 is 0. The van der Waals surface area contributed by atoms with E-state index in [4.69, 9.17) is 14.0 Å². The maximum Gasteiger partial charge on any atom is 0.335 e. The van der Waals surface area contributed by atoms with Gasteiger partial charge >= 0.3 is 12.0 Å². The lowest BCUT2D eigenvalue weighted by Gasteiger charge is -2.36. The first-order chi connectivity index (χ1) is 23.4. The van der Waals surface area contributed by atoms with E-state index >= 15 is 0 Å². The molecular formula is C36H49N5O8. The normalized spacial score (nSPS) is 19.8. The van der Waals surface area contributed by atoms with Gasteiger partial charge in [0, 0.05) is 37.8 Å². The number of urea groups is 1. The number of aryl methyl sites for hydroxylation is 2. The maximum atomic E-state index is 14.4. The lowest BCUT2D eigenvalue weighted by atomic mass is 10.0. The second kappa shape index (κ2) is 17.3. The van der Waals surface area contributed by atoms with Crippen molar-refractivity contribution in [2.24, 2.45) is 5.92 Å². The van der Waals surface area contributed by atoms with Crippen molar-refractivity contribution in [3.63, 3.8) is 0 Å². The average molecular weight is 680 g/mol. The van der Waals surface area contributed by atoms with Crippen molar-refractivity contribution in [1.29, 1.82) is 0 Å². The summed E-state index contributed by atoms with van der Waals surface area (Å²) in [6.07, 6.45) is 2.03. The minimum absolute atomic E-state index is 0.122. The van der Waals surface area contributed by atoms with E-state index in [2.05, 4.69) is 20.7 Å². The van der Waals surface area contributed by atoms with E-state index in [0.29, 0.717) is 54.8 Å². The SMILES string of the molecule is Cc1noc(C)c1NC(=O)Nc1ccc2c(c1)C(=O)N([C@H](C)CO)C[C@H](C)[C@@H](CN(C)Cc1ccc(C(=O)O)cc1)OCCCC[C@@H](C)O2. The fourth-order valence-electron chi connectivity index (χ4n) is 5.84. The number of ether oxygens (including phenoxy) is 2. The molecule has 0 aliphatic carbocycles. The molecule has 4 rings (SSSR count). The largest absolute Gasteiger partial charge is 0.490 e. The molecule has 0 bridgehead atoms. The summed E-state index contributed by atoms with van der Waals surface area (Å²) < 4.78 is 17.9. The van der Waals surface area contributed by atoms with Crippen LogP contribution in [0.2, 0.25) is 0 Å². The van der Waals surface area contributed by atoms with Crippen molar-refractivity contribution in [2.45, 2.75) is 78.7 Å². The van der Waals surface area contributed by atoms with Crippen LogP contribution in [0.5, 0.6) is 5.75 Å². The number of carbonyl (C=O) groups is 3. The quantitative estimate of drug-likeness (QED) is 0.225. The average Bonchev–Trinajstić information content (AvgIpc) is 3.38. The predicted molar refractivity (Wildman–Crippen MR) is 185 cm³/mol. The minimum atomic E-state index is -0.965. The topological polar surface area (TPSA) is 167 Å². The van der Waals surface area contributed by atoms with Gasteiger partial charge in [0.1, 0.15) is 17.1 Å². The van der Waals surface area contributed by atoms with Crippen LogP contribution in [0.25, 0.3) is 0 Å². The number of nitrogens with one attached hydrogen (secondary N) is 2. The van der Waals surface area contributed by atoms with E-state index in [1.807, 2.05) is 33.0 Å². The Bertz CT molecular complexity index is 1560. The molecule has 4 N–H and O–H groups in total. The van der Waals surface area contributed by atoms with Crippen LogP contribution >= 0.6 is 0 Å². The lowest BCUT2D eigenvalue weighted by Crippen LogP contribution is -2.47. The van der Waals surface area contributed by atoms with E-state index in [9.17, 15) is 24.6 Å². The van der Waals surface area contributed by atoms with Gasteiger partial charge in [-0.05, 0) is 89.9 Å². The Morgan fingerprint density at radius 1 is 1.10 bits per heavy atom. The van der Waals surface area contributed by atoms with Gasteiger partial charge < -0.3 is 39.7 Å². The number of nitrogens with zero attached hydrogens (tertiary/aromatic N) is 3. The van der Waals surface area contributed by atoms with Gasteiger partial charge in [0.2, 0.25) is 0 Å². The number of aromatic nitrogens is 1. The standard InChI is InChI=1S/C36H49N5O8/c1-22-18-41(23(2)21-42)34(43)30-17-29(37-36(46)38-33-25(4)39-49-26(33)5)14-15-31(30)48-24(3)9-7-8-16-47-32(22)20-40(6)19-27-10-12-28(13-11-27)35(44)45/h10-15,17,22-24,32,42H,7-9,16,18-21H2,1-6H3,(H,44,45)(H2,37,38,46)/t22-,23+,24+,32+/m0/s1. The molecular weight excluding hydrogens is 630 g/mol. The van der Waals surface area contributed by atoms with Gasteiger partial charge in [0.25, 0.3) is 5.91 Å². The number of carbonyl (C=O) groups excluding carboxylic acids is 2. The number of aliphatic hydroxyl groups is 1. The van der Waals surface area contributed by atoms with Gasteiger partial charge in [-0.2, -0.15) is 0 Å². The molecule has 49 heavy (non-hydrogen) atoms. The number of rotatable bonds is 9. The Kier molecular flexibility index (Phi) is 13.2. The van der Waals surface area contributed by atoms with Gasteiger partial charge in [-0.15, -0.1) is 0 Å². The van der Waals surface area contributed by atoms with Crippen LogP contribution in [0.1, 0.15) is 77.8 Å². The first kappa shape index (κ1) is 37.4. The maximum absolute atomic E-state index is 14.4. The zero-order valence-electron chi connectivity index (χ0n) is 29.2. The molecule has 0 spiro atoms. The highest BCUT2D eigenvalue weighted by atomic mass is 16.5. The summed E-state index contributed by atoms with van der Waals surface area (Å²) in [4.78, 5) is 42.3. The fraction of sp³-hybridized carbons (Fsp3) is 0.500. The molecule has 1 aliphatic rings. The molecule has 1 aliphatic heterocycles. The van der Waals surface area contributed by atoms with E-state index in [-0.39, 0.29) is 41.8 Å². The molecule has 13 nitrogen and oxygen atoms in total. The third kappa shape index (κ3) is 10.3. The highest BCUT2D eigenvalue weighted by molar-refractivity contribution is 6.03. The van der Waals surface area contributed by atoms with Crippen molar-refractivity contribution >= 4 is 29.3 Å². The third-order valence-electron chi connectivity index (χ3n) is 8.73. The van der Waals surface area contributed by atoms with Crippen LogP contribution < -0.4 is 15.4 Å².